The van der Waals surface area contributed by atoms with Gasteiger partial charge in [-0.15, -0.1) is 0 Å². The lowest BCUT2D eigenvalue weighted by molar-refractivity contribution is 0.155. The van der Waals surface area contributed by atoms with Crippen LogP contribution in [-0.2, 0) is 0 Å². The van der Waals surface area contributed by atoms with Crippen LogP contribution in [0.2, 0.25) is 0 Å². The molecule has 1 heterocycles. The third kappa shape index (κ3) is 3.80. The first-order chi connectivity index (χ1) is 8.15. The lowest BCUT2D eigenvalue weighted by Gasteiger charge is -2.32. The number of aliphatic hydroxyl groups excluding tert-OH is 1. The van der Waals surface area contributed by atoms with Crippen molar-refractivity contribution in [3.63, 3.8) is 0 Å². The summed E-state index contributed by atoms with van der Waals surface area (Å²) in [5.41, 5.74) is 1.04. The van der Waals surface area contributed by atoms with E-state index in [1.54, 1.807) is 11.3 Å². The molecular formula is C14H23NOS. The summed E-state index contributed by atoms with van der Waals surface area (Å²) in [6.45, 7) is 5.35. The molecule has 1 aromatic rings. The zero-order valence-corrected chi connectivity index (χ0v) is 11.5. The third-order valence-corrected chi connectivity index (χ3v) is 4.41. The van der Waals surface area contributed by atoms with Crippen LogP contribution in [0.1, 0.15) is 44.8 Å². The molecule has 3 unspecified atom stereocenters. The number of rotatable bonds is 4. The Hall–Kier alpha value is -0.380. The van der Waals surface area contributed by atoms with E-state index in [9.17, 15) is 5.11 Å². The fourth-order valence-corrected chi connectivity index (χ4v) is 3.68. The van der Waals surface area contributed by atoms with Crippen molar-refractivity contribution >= 4 is 11.3 Å². The molecule has 17 heavy (non-hydrogen) atoms. The van der Waals surface area contributed by atoms with Crippen LogP contribution < -0.4 is 5.32 Å². The minimum atomic E-state index is -0.353. The van der Waals surface area contributed by atoms with Crippen LogP contribution in [0.15, 0.2) is 16.8 Å². The smallest absolute Gasteiger partial charge is 0.0922 e. The lowest BCUT2D eigenvalue weighted by atomic mass is 9.80. The fourth-order valence-electron chi connectivity index (χ4n) is 2.97. The molecule has 2 N–H and O–H groups in total. The van der Waals surface area contributed by atoms with E-state index in [4.69, 9.17) is 0 Å². The quantitative estimate of drug-likeness (QED) is 0.863. The average Bonchev–Trinajstić information content (AvgIpc) is 2.78. The highest BCUT2D eigenvalue weighted by Gasteiger charge is 2.24. The van der Waals surface area contributed by atoms with Gasteiger partial charge in [-0.05, 0) is 53.5 Å². The molecule has 0 aromatic carbocycles. The molecule has 0 amide bonds. The number of aliphatic hydroxyl groups is 1. The Labute approximate surface area is 108 Å². The number of hydrogen-bond donors (Lipinski definition) is 2. The molecule has 1 aromatic heterocycles. The first-order valence-corrected chi connectivity index (χ1v) is 7.53. The minimum Gasteiger partial charge on any atom is -0.387 e. The fraction of sp³-hybridized carbons (Fsp3) is 0.714. The van der Waals surface area contributed by atoms with Crippen molar-refractivity contribution < 1.29 is 5.11 Å². The highest BCUT2D eigenvalue weighted by molar-refractivity contribution is 7.07. The lowest BCUT2D eigenvalue weighted by Crippen LogP contribution is -2.38. The first kappa shape index (κ1) is 13.1. The maximum atomic E-state index is 10.0. The maximum Gasteiger partial charge on any atom is 0.0922 e. The Morgan fingerprint density at radius 3 is 2.65 bits per heavy atom. The molecule has 2 rings (SSSR count). The predicted octanol–water partition coefficient (Wildman–Crippen LogP) is 3.20. The van der Waals surface area contributed by atoms with Crippen LogP contribution in [0.4, 0.5) is 0 Å². The van der Waals surface area contributed by atoms with E-state index in [0.717, 1.165) is 17.4 Å². The molecule has 1 aliphatic carbocycles. The van der Waals surface area contributed by atoms with Crippen molar-refractivity contribution in [3.05, 3.63) is 22.4 Å². The Kier molecular flexibility index (Phi) is 4.60. The molecule has 1 saturated carbocycles. The van der Waals surface area contributed by atoms with Crippen molar-refractivity contribution in [2.24, 2.45) is 11.8 Å². The van der Waals surface area contributed by atoms with Gasteiger partial charge in [0, 0.05) is 12.6 Å². The minimum absolute atomic E-state index is 0.353. The van der Waals surface area contributed by atoms with Crippen LogP contribution >= 0.6 is 11.3 Å². The Bertz CT molecular complexity index is 315. The Balaban J connectivity index is 1.78. The average molecular weight is 253 g/mol. The molecule has 1 aliphatic rings. The molecule has 0 aliphatic heterocycles. The summed E-state index contributed by atoms with van der Waals surface area (Å²) in [6, 6.07) is 2.59. The van der Waals surface area contributed by atoms with Crippen LogP contribution in [0, 0.1) is 11.8 Å². The molecule has 0 spiro atoms. The molecule has 3 heteroatoms. The second-order valence-corrected chi connectivity index (χ2v) is 6.38. The van der Waals surface area contributed by atoms with Gasteiger partial charge in [0.15, 0.2) is 0 Å². The highest BCUT2D eigenvalue weighted by atomic mass is 32.1. The van der Waals surface area contributed by atoms with Gasteiger partial charge in [0.05, 0.1) is 6.10 Å². The Morgan fingerprint density at radius 2 is 2.06 bits per heavy atom. The first-order valence-electron chi connectivity index (χ1n) is 6.58. The van der Waals surface area contributed by atoms with E-state index in [0.29, 0.717) is 12.6 Å². The largest absolute Gasteiger partial charge is 0.387 e. The molecule has 3 atom stereocenters. The third-order valence-electron chi connectivity index (χ3n) is 3.71. The van der Waals surface area contributed by atoms with Gasteiger partial charge in [-0.3, -0.25) is 0 Å². The number of hydrogen-bond acceptors (Lipinski definition) is 3. The summed E-state index contributed by atoms with van der Waals surface area (Å²) in [4.78, 5) is 0. The second kappa shape index (κ2) is 5.98. The normalized spacial score (nSPS) is 31.4. The van der Waals surface area contributed by atoms with Gasteiger partial charge in [-0.1, -0.05) is 13.8 Å². The van der Waals surface area contributed by atoms with E-state index in [1.807, 2.05) is 16.8 Å². The van der Waals surface area contributed by atoms with Crippen molar-refractivity contribution in [1.29, 1.82) is 0 Å². The van der Waals surface area contributed by atoms with Crippen molar-refractivity contribution in [3.8, 4) is 0 Å². The van der Waals surface area contributed by atoms with E-state index in [2.05, 4.69) is 19.2 Å². The van der Waals surface area contributed by atoms with Crippen molar-refractivity contribution in [2.45, 2.75) is 45.3 Å². The van der Waals surface area contributed by atoms with Crippen LogP contribution in [0.5, 0.6) is 0 Å². The summed E-state index contributed by atoms with van der Waals surface area (Å²) >= 11 is 1.64. The number of thiophene rings is 1. The van der Waals surface area contributed by atoms with Gasteiger partial charge in [0.2, 0.25) is 0 Å². The molecule has 2 nitrogen and oxygen atoms in total. The zero-order valence-electron chi connectivity index (χ0n) is 10.7. The molecule has 0 radical (unpaired) electrons. The molecule has 1 fully saturated rings. The van der Waals surface area contributed by atoms with Crippen molar-refractivity contribution in [2.75, 3.05) is 6.54 Å². The second-order valence-electron chi connectivity index (χ2n) is 5.60. The Morgan fingerprint density at radius 1 is 1.35 bits per heavy atom. The van der Waals surface area contributed by atoms with Gasteiger partial charge in [-0.2, -0.15) is 11.3 Å². The molecule has 96 valence electrons. The SMILES string of the molecule is CC1CC(C)CC(NCC(O)c2ccsc2)C1. The van der Waals surface area contributed by atoms with Gasteiger partial charge in [-0.25, -0.2) is 0 Å². The van der Waals surface area contributed by atoms with Gasteiger partial charge in [0.25, 0.3) is 0 Å². The topological polar surface area (TPSA) is 32.3 Å². The standard InChI is InChI=1S/C14H23NOS/c1-10-5-11(2)7-13(6-10)15-8-14(16)12-3-4-17-9-12/h3-4,9-11,13-16H,5-8H2,1-2H3. The summed E-state index contributed by atoms with van der Waals surface area (Å²) in [7, 11) is 0. The molecule has 0 bridgehead atoms. The van der Waals surface area contributed by atoms with Gasteiger partial charge < -0.3 is 10.4 Å². The zero-order chi connectivity index (χ0) is 12.3. The van der Waals surface area contributed by atoms with Gasteiger partial charge in [0.1, 0.15) is 0 Å². The highest BCUT2D eigenvalue weighted by Crippen LogP contribution is 2.28. The maximum absolute atomic E-state index is 10.0. The van der Waals surface area contributed by atoms with E-state index in [1.165, 1.54) is 19.3 Å². The summed E-state index contributed by atoms with van der Waals surface area (Å²) < 4.78 is 0. The van der Waals surface area contributed by atoms with E-state index < -0.39 is 0 Å². The molecular weight excluding hydrogens is 230 g/mol. The van der Waals surface area contributed by atoms with Gasteiger partial charge >= 0.3 is 0 Å². The summed E-state index contributed by atoms with van der Waals surface area (Å²) in [5, 5.41) is 17.6. The monoisotopic (exact) mass is 253 g/mol. The summed E-state index contributed by atoms with van der Waals surface area (Å²) in [6.07, 6.45) is 3.50. The number of nitrogens with one attached hydrogen (secondary N) is 1. The van der Waals surface area contributed by atoms with E-state index >= 15 is 0 Å². The predicted molar refractivity (Wildman–Crippen MR) is 73.2 cm³/mol. The van der Waals surface area contributed by atoms with Crippen LogP contribution in [-0.4, -0.2) is 17.7 Å². The van der Waals surface area contributed by atoms with Crippen LogP contribution in [0.25, 0.3) is 0 Å². The van der Waals surface area contributed by atoms with Crippen molar-refractivity contribution in [1.82, 2.24) is 5.32 Å². The van der Waals surface area contributed by atoms with Crippen LogP contribution in [0.3, 0.4) is 0 Å². The molecule has 0 saturated heterocycles. The van der Waals surface area contributed by atoms with E-state index in [-0.39, 0.29) is 6.10 Å². The summed E-state index contributed by atoms with van der Waals surface area (Å²) in [5.74, 6) is 1.63.